The van der Waals surface area contributed by atoms with Gasteiger partial charge in [0, 0.05) is 22.9 Å². The zero-order valence-corrected chi connectivity index (χ0v) is 8.60. The van der Waals surface area contributed by atoms with Crippen LogP contribution < -0.4 is 0 Å². The normalized spacial score (nSPS) is 17.3. The summed E-state index contributed by atoms with van der Waals surface area (Å²) < 4.78 is 1.15. The third kappa shape index (κ3) is 2.88. The number of H-pyrrole nitrogens is 1. The standard InChI is InChI=1S/C9H13BrN2.BH3/c10-8-5-9(11-6-8)7-12-3-1-2-4-12;/h5-6,11H,1-4,7H2;1H3. The monoisotopic (exact) mass is 242 g/mol. The Morgan fingerprint density at radius 1 is 1.38 bits per heavy atom. The number of nitrogens with one attached hydrogen (secondary N) is 1. The van der Waals surface area contributed by atoms with Gasteiger partial charge in [0.1, 0.15) is 0 Å². The summed E-state index contributed by atoms with van der Waals surface area (Å²) in [7, 11) is 0. The van der Waals surface area contributed by atoms with Crippen LogP contribution in [0, 0.1) is 0 Å². The molecule has 0 atom stereocenters. The Morgan fingerprint density at radius 2 is 2.08 bits per heavy atom. The smallest absolute Gasteiger partial charge is 0.0814 e. The van der Waals surface area contributed by atoms with Crippen molar-refractivity contribution in [1.82, 2.24) is 9.88 Å². The van der Waals surface area contributed by atoms with E-state index in [9.17, 15) is 0 Å². The van der Waals surface area contributed by atoms with Crippen molar-refractivity contribution < 1.29 is 0 Å². The van der Waals surface area contributed by atoms with Crippen molar-refractivity contribution in [1.29, 1.82) is 0 Å². The Balaban J connectivity index is 0.000000845. The van der Waals surface area contributed by atoms with Gasteiger partial charge < -0.3 is 4.98 Å². The van der Waals surface area contributed by atoms with Gasteiger partial charge in [-0.15, -0.1) is 0 Å². The second-order valence-electron chi connectivity index (χ2n) is 3.33. The Hall–Kier alpha value is -0.215. The fraction of sp³-hybridized carbons (Fsp3) is 0.556. The van der Waals surface area contributed by atoms with Crippen molar-refractivity contribution >= 4 is 24.3 Å². The average molecular weight is 243 g/mol. The van der Waals surface area contributed by atoms with Crippen LogP contribution >= 0.6 is 15.9 Å². The highest BCUT2D eigenvalue weighted by Gasteiger charge is 2.11. The van der Waals surface area contributed by atoms with Crippen LogP contribution in [0.25, 0.3) is 0 Å². The molecule has 1 N–H and O–H groups in total. The van der Waals surface area contributed by atoms with Gasteiger partial charge in [0.05, 0.1) is 8.41 Å². The van der Waals surface area contributed by atoms with E-state index in [1.807, 2.05) is 6.20 Å². The molecule has 1 aliphatic heterocycles. The van der Waals surface area contributed by atoms with E-state index in [-0.39, 0.29) is 8.41 Å². The molecule has 13 heavy (non-hydrogen) atoms. The summed E-state index contributed by atoms with van der Waals surface area (Å²) >= 11 is 3.43. The molecule has 2 heterocycles. The molecule has 1 aliphatic rings. The maximum absolute atomic E-state index is 3.43. The minimum atomic E-state index is 0. The molecule has 72 valence electrons. The molecular weight excluding hydrogens is 227 g/mol. The van der Waals surface area contributed by atoms with E-state index in [2.05, 4.69) is 31.9 Å². The highest BCUT2D eigenvalue weighted by atomic mass is 79.9. The summed E-state index contributed by atoms with van der Waals surface area (Å²) in [5.41, 5.74) is 1.31. The third-order valence-corrected chi connectivity index (χ3v) is 2.76. The molecular formula is C9H16BBrN2. The average Bonchev–Trinajstić information content (AvgIpc) is 2.63. The maximum atomic E-state index is 3.43. The van der Waals surface area contributed by atoms with Crippen molar-refractivity contribution in [2.24, 2.45) is 0 Å². The van der Waals surface area contributed by atoms with Crippen LogP contribution in [-0.2, 0) is 6.54 Å². The zero-order valence-electron chi connectivity index (χ0n) is 7.02. The highest BCUT2D eigenvalue weighted by Crippen LogP contribution is 2.15. The van der Waals surface area contributed by atoms with Crippen LogP contribution in [0.5, 0.6) is 0 Å². The minimum Gasteiger partial charge on any atom is -0.363 e. The number of nitrogens with zero attached hydrogens (tertiary/aromatic N) is 1. The van der Waals surface area contributed by atoms with E-state index >= 15 is 0 Å². The van der Waals surface area contributed by atoms with Crippen molar-refractivity contribution in [3.63, 3.8) is 0 Å². The lowest BCUT2D eigenvalue weighted by Crippen LogP contribution is -2.18. The molecule has 0 saturated carbocycles. The second-order valence-corrected chi connectivity index (χ2v) is 4.24. The van der Waals surface area contributed by atoms with Gasteiger partial charge in [0.15, 0.2) is 0 Å². The fourth-order valence-corrected chi connectivity index (χ4v) is 2.08. The van der Waals surface area contributed by atoms with E-state index in [4.69, 9.17) is 0 Å². The number of hydrogen-bond donors (Lipinski definition) is 1. The predicted octanol–water partition coefficient (Wildman–Crippen LogP) is 1.19. The molecule has 0 aromatic carbocycles. The first-order valence-electron chi connectivity index (χ1n) is 4.40. The Morgan fingerprint density at radius 3 is 2.62 bits per heavy atom. The first kappa shape index (κ1) is 10.9. The Bertz CT molecular complexity index is 256. The molecule has 2 rings (SSSR count). The number of rotatable bonds is 2. The van der Waals surface area contributed by atoms with Crippen molar-refractivity contribution in [3.05, 3.63) is 22.4 Å². The highest BCUT2D eigenvalue weighted by molar-refractivity contribution is 9.10. The van der Waals surface area contributed by atoms with Crippen LogP contribution in [0.3, 0.4) is 0 Å². The summed E-state index contributed by atoms with van der Waals surface area (Å²) in [5, 5.41) is 0. The summed E-state index contributed by atoms with van der Waals surface area (Å²) in [4.78, 5) is 5.73. The van der Waals surface area contributed by atoms with Crippen LogP contribution in [0.4, 0.5) is 0 Å². The van der Waals surface area contributed by atoms with Crippen LogP contribution in [0.2, 0.25) is 0 Å². The molecule has 0 unspecified atom stereocenters. The molecule has 0 amide bonds. The molecule has 0 bridgehead atoms. The Labute approximate surface area is 89.4 Å². The molecule has 1 aromatic rings. The van der Waals surface area contributed by atoms with Crippen molar-refractivity contribution in [3.8, 4) is 0 Å². The largest absolute Gasteiger partial charge is 0.363 e. The molecule has 1 fully saturated rings. The topological polar surface area (TPSA) is 19.0 Å². The quantitative estimate of drug-likeness (QED) is 0.773. The number of hydrogen-bond acceptors (Lipinski definition) is 1. The molecule has 0 radical (unpaired) electrons. The van der Waals surface area contributed by atoms with E-state index in [1.165, 1.54) is 31.6 Å². The third-order valence-electron chi connectivity index (χ3n) is 2.30. The zero-order chi connectivity index (χ0) is 8.39. The summed E-state index contributed by atoms with van der Waals surface area (Å²) in [6, 6.07) is 2.15. The van der Waals surface area contributed by atoms with E-state index in [0.29, 0.717) is 0 Å². The van der Waals surface area contributed by atoms with Crippen molar-refractivity contribution in [2.45, 2.75) is 19.4 Å². The van der Waals surface area contributed by atoms with Gasteiger partial charge in [0.25, 0.3) is 0 Å². The van der Waals surface area contributed by atoms with Gasteiger partial charge in [-0.25, -0.2) is 0 Å². The Kier molecular flexibility index (Phi) is 4.07. The van der Waals surface area contributed by atoms with E-state index in [1.54, 1.807) is 0 Å². The van der Waals surface area contributed by atoms with Gasteiger partial charge >= 0.3 is 0 Å². The number of aromatic amines is 1. The summed E-state index contributed by atoms with van der Waals surface area (Å²) in [6.07, 6.45) is 4.72. The maximum Gasteiger partial charge on any atom is 0.0814 e. The van der Waals surface area contributed by atoms with E-state index in [0.717, 1.165) is 11.0 Å². The lowest BCUT2D eigenvalue weighted by atomic mass is 10.4. The van der Waals surface area contributed by atoms with Gasteiger partial charge in [-0.05, 0) is 47.9 Å². The molecule has 1 saturated heterocycles. The first-order valence-corrected chi connectivity index (χ1v) is 5.19. The molecule has 2 nitrogen and oxygen atoms in total. The lowest BCUT2D eigenvalue weighted by Gasteiger charge is -2.12. The van der Waals surface area contributed by atoms with Gasteiger partial charge in [-0.2, -0.15) is 0 Å². The lowest BCUT2D eigenvalue weighted by molar-refractivity contribution is 0.328. The SMILES string of the molecule is B.Brc1c[nH]c(CN2CCCC2)c1. The molecule has 1 aromatic heterocycles. The first-order chi connectivity index (χ1) is 5.84. The van der Waals surface area contributed by atoms with Crippen LogP contribution in [0.15, 0.2) is 16.7 Å². The van der Waals surface area contributed by atoms with Crippen LogP contribution in [0.1, 0.15) is 18.5 Å². The van der Waals surface area contributed by atoms with Gasteiger partial charge in [-0.3, -0.25) is 4.90 Å². The molecule has 0 spiro atoms. The predicted molar refractivity (Wildman–Crippen MR) is 62.9 cm³/mol. The number of halogens is 1. The van der Waals surface area contributed by atoms with E-state index < -0.39 is 0 Å². The molecule has 4 heteroatoms. The van der Waals surface area contributed by atoms with Crippen LogP contribution in [-0.4, -0.2) is 31.4 Å². The van der Waals surface area contributed by atoms with Crippen molar-refractivity contribution in [2.75, 3.05) is 13.1 Å². The fourth-order valence-electron chi connectivity index (χ4n) is 1.68. The van der Waals surface area contributed by atoms with Gasteiger partial charge in [-0.1, -0.05) is 0 Å². The number of aromatic nitrogens is 1. The molecule has 0 aliphatic carbocycles. The number of likely N-dealkylation sites (tertiary alicyclic amines) is 1. The van der Waals surface area contributed by atoms with Gasteiger partial charge in [0.2, 0.25) is 0 Å². The summed E-state index contributed by atoms with van der Waals surface area (Å²) in [5.74, 6) is 0. The second kappa shape index (κ2) is 4.87. The summed E-state index contributed by atoms with van der Waals surface area (Å²) in [6.45, 7) is 3.60. The minimum absolute atomic E-state index is 0.